The first kappa shape index (κ1) is 13.1. The summed E-state index contributed by atoms with van der Waals surface area (Å²) in [6, 6.07) is 5.68. The number of nitrogens with one attached hydrogen (secondary N) is 2. The molecule has 0 saturated carbocycles. The van der Waals surface area contributed by atoms with Gasteiger partial charge in [-0.2, -0.15) is 0 Å². The van der Waals surface area contributed by atoms with Gasteiger partial charge < -0.3 is 9.73 Å². The molecule has 6 heteroatoms. The van der Waals surface area contributed by atoms with Crippen molar-refractivity contribution in [2.45, 2.75) is 20.8 Å². The largest absolute Gasteiger partial charge is 0.408 e. The van der Waals surface area contributed by atoms with Crippen LogP contribution >= 0.6 is 0 Å². The van der Waals surface area contributed by atoms with Crippen molar-refractivity contribution >= 4 is 17.6 Å². The van der Waals surface area contributed by atoms with E-state index in [1.165, 1.54) is 0 Å². The molecule has 0 radical (unpaired) electrons. The molecule has 1 heterocycles. The Morgan fingerprint density at radius 3 is 2.74 bits per heavy atom. The molecular weight excluding hydrogens is 244 g/mol. The molecule has 1 aromatic carbocycles. The fourth-order valence-corrected chi connectivity index (χ4v) is 1.70. The van der Waals surface area contributed by atoms with Crippen LogP contribution in [0.5, 0.6) is 0 Å². The summed E-state index contributed by atoms with van der Waals surface area (Å²) in [6.07, 6.45) is 0. The van der Waals surface area contributed by atoms with Gasteiger partial charge in [-0.15, -0.1) is 5.10 Å². The second-order valence-corrected chi connectivity index (χ2v) is 4.16. The maximum Gasteiger partial charge on any atom is 0.322 e. The fraction of sp³-hybridized carbons (Fsp3) is 0.308. The molecule has 2 aromatic rings. The predicted molar refractivity (Wildman–Crippen MR) is 72.3 cm³/mol. The third-order valence-corrected chi connectivity index (χ3v) is 2.53. The van der Waals surface area contributed by atoms with Gasteiger partial charge in [0.2, 0.25) is 5.89 Å². The van der Waals surface area contributed by atoms with Gasteiger partial charge in [-0.3, -0.25) is 10.1 Å². The second kappa shape index (κ2) is 5.51. The molecule has 0 aliphatic carbocycles. The van der Waals surface area contributed by atoms with Gasteiger partial charge in [0.1, 0.15) is 0 Å². The molecule has 0 spiro atoms. The zero-order valence-electron chi connectivity index (χ0n) is 11.2. The standard InChI is InChI=1S/C13H16N4O2/c1-4-14-11-7-8(2)5-6-10(11)12(18)15-13-17-16-9(3)19-13/h5-7,14H,4H2,1-3H3,(H,15,17,18). The number of hydrogen-bond donors (Lipinski definition) is 2. The number of rotatable bonds is 4. The number of carbonyl (C=O) groups is 1. The lowest BCUT2D eigenvalue weighted by Gasteiger charge is -2.10. The highest BCUT2D eigenvalue weighted by atomic mass is 16.4. The Morgan fingerprint density at radius 1 is 1.32 bits per heavy atom. The molecule has 0 bridgehead atoms. The van der Waals surface area contributed by atoms with Gasteiger partial charge in [0.15, 0.2) is 0 Å². The first-order valence-corrected chi connectivity index (χ1v) is 6.06. The molecule has 1 amide bonds. The van der Waals surface area contributed by atoms with Crippen LogP contribution in [0.15, 0.2) is 22.6 Å². The molecule has 0 atom stereocenters. The van der Waals surface area contributed by atoms with Crippen molar-refractivity contribution in [2.24, 2.45) is 0 Å². The molecule has 0 aliphatic heterocycles. The van der Waals surface area contributed by atoms with E-state index in [0.717, 1.165) is 17.8 Å². The van der Waals surface area contributed by atoms with Crippen molar-refractivity contribution in [2.75, 3.05) is 17.2 Å². The highest BCUT2D eigenvalue weighted by molar-refractivity contribution is 6.07. The maximum atomic E-state index is 12.2. The summed E-state index contributed by atoms with van der Waals surface area (Å²) < 4.78 is 5.12. The number of carbonyl (C=O) groups excluding carboxylic acids is 1. The van der Waals surface area contributed by atoms with Crippen LogP contribution < -0.4 is 10.6 Å². The molecule has 2 rings (SSSR count). The number of amides is 1. The number of aryl methyl sites for hydroxylation is 2. The number of benzene rings is 1. The third-order valence-electron chi connectivity index (χ3n) is 2.53. The van der Waals surface area contributed by atoms with E-state index in [4.69, 9.17) is 4.42 Å². The van der Waals surface area contributed by atoms with Crippen LogP contribution in [0.25, 0.3) is 0 Å². The van der Waals surface area contributed by atoms with Gasteiger partial charge in [0.25, 0.3) is 5.91 Å². The van der Waals surface area contributed by atoms with E-state index >= 15 is 0 Å². The van der Waals surface area contributed by atoms with Gasteiger partial charge >= 0.3 is 6.01 Å². The number of nitrogens with zero attached hydrogens (tertiary/aromatic N) is 2. The van der Waals surface area contributed by atoms with Crippen LogP contribution in [0.3, 0.4) is 0 Å². The normalized spacial score (nSPS) is 10.3. The van der Waals surface area contributed by atoms with E-state index in [1.807, 2.05) is 26.0 Å². The van der Waals surface area contributed by atoms with E-state index in [0.29, 0.717) is 11.5 Å². The summed E-state index contributed by atoms with van der Waals surface area (Å²) in [5.41, 5.74) is 2.42. The van der Waals surface area contributed by atoms with Crippen LogP contribution in [-0.4, -0.2) is 22.6 Å². The Labute approximate surface area is 111 Å². The molecule has 0 saturated heterocycles. The van der Waals surface area contributed by atoms with Gasteiger partial charge in [-0.05, 0) is 31.5 Å². The van der Waals surface area contributed by atoms with Crippen LogP contribution in [0.1, 0.15) is 28.7 Å². The van der Waals surface area contributed by atoms with Crippen LogP contribution in [0, 0.1) is 13.8 Å². The summed E-state index contributed by atoms with van der Waals surface area (Å²) in [7, 11) is 0. The Balaban J connectivity index is 2.23. The predicted octanol–water partition coefficient (Wildman–Crippen LogP) is 2.37. The van der Waals surface area contributed by atoms with E-state index in [2.05, 4.69) is 20.8 Å². The average molecular weight is 260 g/mol. The van der Waals surface area contributed by atoms with Crippen molar-refractivity contribution < 1.29 is 9.21 Å². The summed E-state index contributed by atoms with van der Waals surface area (Å²) in [5, 5.41) is 13.1. The minimum absolute atomic E-state index is 0.102. The van der Waals surface area contributed by atoms with E-state index in [-0.39, 0.29) is 11.9 Å². The van der Waals surface area contributed by atoms with E-state index in [1.54, 1.807) is 13.0 Å². The van der Waals surface area contributed by atoms with Crippen molar-refractivity contribution in [3.8, 4) is 0 Å². The molecule has 19 heavy (non-hydrogen) atoms. The van der Waals surface area contributed by atoms with Crippen molar-refractivity contribution in [1.82, 2.24) is 10.2 Å². The zero-order chi connectivity index (χ0) is 13.8. The third kappa shape index (κ3) is 3.09. The lowest BCUT2D eigenvalue weighted by atomic mass is 10.1. The monoisotopic (exact) mass is 260 g/mol. The first-order chi connectivity index (χ1) is 9.10. The topological polar surface area (TPSA) is 80.0 Å². The fourth-order valence-electron chi connectivity index (χ4n) is 1.70. The van der Waals surface area contributed by atoms with Gasteiger partial charge in [-0.1, -0.05) is 11.2 Å². The quantitative estimate of drug-likeness (QED) is 0.882. The lowest BCUT2D eigenvalue weighted by molar-refractivity contribution is 0.102. The SMILES string of the molecule is CCNc1cc(C)ccc1C(=O)Nc1nnc(C)o1. The molecular formula is C13H16N4O2. The first-order valence-electron chi connectivity index (χ1n) is 6.06. The number of anilines is 2. The number of hydrogen-bond acceptors (Lipinski definition) is 5. The van der Waals surface area contributed by atoms with Crippen LogP contribution in [0.4, 0.5) is 11.7 Å². The van der Waals surface area contributed by atoms with Crippen LogP contribution in [0.2, 0.25) is 0 Å². The zero-order valence-corrected chi connectivity index (χ0v) is 11.2. The summed E-state index contributed by atoms with van der Waals surface area (Å²) in [6.45, 7) is 6.36. The number of aromatic nitrogens is 2. The highest BCUT2D eigenvalue weighted by Crippen LogP contribution is 2.19. The molecule has 2 N–H and O–H groups in total. The molecule has 0 aliphatic rings. The molecule has 1 aromatic heterocycles. The smallest absolute Gasteiger partial charge is 0.322 e. The lowest BCUT2D eigenvalue weighted by Crippen LogP contribution is -2.15. The second-order valence-electron chi connectivity index (χ2n) is 4.16. The van der Waals surface area contributed by atoms with Gasteiger partial charge in [-0.25, -0.2) is 0 Å². The minimum Gasteiger partial charge on any atom is -0.408 e. The molecule has 0 fully saturated rings. The summed E-state index contributed by atoms with van der Waals surface area (Å²) in [4.78, 5) is 12.2. The van der Waals surface area contributed by atoms with Crippen LogP contribution in [-0.2, 0) is 0 Å². The summed E-state index contributed by atoms with van der Waals surface area (Å²) in [5.74, 6) is 0.130. The Bertz CT molecular complexity index is 592. The van der Waals surface area contributed by atoms with Gasteiger partial charge in [0.05, 0.1) is 5.56 Å². The summed E-state index contributed by atoms with van der Waals surface area (Å²) >= 11 is 0. The average Bonchev–Trinajstić information content (AvgIpc) is 2.75. The Hall–Kier alpha value is -2.37. The molecule has 0 unspecified atom stereocenters. The molecule has 100 valence electrons. The maximum absolute atomic E-state index is 12.2. The Kier molecular flexibility index (Phi) is 3.79. The van der Waals surface area contributed by atoms with Crippen molar-refractivity contribution in [3.63, 3.8) is 0 Å². The molecule has 6 nitrogen and oxygen atoms in total. The highest BCUT2D eigenvalue weighted by Gasteiger charge is 2.14. The van der Waals surface area contributed by atoms with Crippen molar-refractivity contribution in [1.29, 1.82) is 0 Å². The van der Waals surface area contributed by atoms with E-state index in [9.17, 15) is 4.79 Å². The van der Waals surface area contributed by atoms with E-state index < -0.39 is 0 Å². The minimum atomic E-state index is -0.278. The van der Waals surface area contributed by atoms with Crippen molar-refractivity contribution in [3.05, 3.63) is 35.2 Å². The van der Waals surface area contributed by atoms with Gasteiger partial charge in [0, 0.05) is 19.2 Å². The Morgan fingerprint density at radius 2 is 2.11 bits per heavy atom.